The molecule has 1 fully saturated rings. The van der Waals surface area contributed by atoms with E-state index in [9.17, 15) is 4.79 Å². The van der Waals surface area contributed by atoms with Gasteiger partial charge in [-0.25, -0.2) is 0 Å². The number of carboxylic acid groups (broad SMARTS) is 1. The van der Waals surface area contributed by atoms with Crippen molar-refractivity contribution in [3.05, 3.63) is 0 Å². The Balaban J connectivity index is 2.02. The minimum atomic E-state index is -0.725. The summed E-state index contributed by atoms with van der Waals surface area (Å²) in [6.45, 7) is 7.50. The number of hydrogen-bond acceptors (Lipinski definition) is 3. The Morgan fingerprint density at radius 3 is 2.73 bits per heavy atom. The van der Waals surface area contributed by atoms with E-state index in [0.29, 0.717) is 6.54 Å². The molecular weight excluding hydrogens is 192 g/mol. The molecule has 0 amide bonds. The lowest BCUT2D eigenvalue weighted by molar-refractivity contribution is -0.140. The van der Waals surface area contributed by atoms with Gasteiger partial charge in [0.2, 0.25) is 0 Å². The lowest BCUT2D eigenvalue weighted by atomic mass is 10.2. The van der Waals surface area contributed by atoms with Gasteiger partial charge in [-0.3, -0.25) is 9.69 Å². The summed E-state index contributed by atoms with van der Waals surface area (Å²) in [4.78, 5) is 13.0. The van der Waals surface area contributed by atoms with Crippen LogP contribution in [0.2, 0.25) is 0 Å². The Labute approximate surface area is 91.6 Å². The van der Waals surface area contributed by atoms with Gasteiger partial charge in [0.1, 0.15) is 0 Å². The number of hydrogen-bond donors (Lipinski definition) is 2. The Bertz CT molecular complexity index is 205. The molecule has 0 bridgehead atoms. The zero-order valence-electron chi connectivity index (χ0n) is 9.70. The summed E-state index contributed by atoms with van der Waals surface area (Å²) in [6, 6.07) is 0.800. The van der Waals surface area contributed by atoms with E-state index in [1.165, 1.54) is 12.8 Å². The van der Waals surface area contributed by atoms with Crippen LogP contribution in [0.15, 0.2) is 0 Å². The van der Waals surface area contributed by atoms with Crippen LogP contribution in [0.4, 0.5) is 0 Å². The first-order chi connectivity index (χ1) is 7.15. The number of carboxylic acids is 1. The molecule has 1 atom stereocenters. The van der Waals surface area contributed by atoms with Crippen LogP contribution in [0.1, 0.15) is 26.7 Å². The first kappa shape index (κ1) is 12.5. The SMILES string of the molecule is CCN(CCNCC(C)C(=O)O)C1CC1. The molecule has 0 saturated heterocycles. The second kappa shape index (κ2) is 6.08. The predicted octanol–water partition coefficient (Wildman–Crippen LogP) is 0.781. The second-order valence-electron chi connectivity index (χ2n) is 4.30. The van der Waals surface area contributed by atoms with Crippen molar-refractivity contribution in [2.24, 2.45) is 5.92 Å². The van der Waals surface area contributed by atoms with Crippen molar-refractivity contribution in [2.45, 2.75) is 32.7 Å². The molecule has 0 aliphatic heterocycles. The molecular formula is C11H22N2O2. The molecule has 4 nitrogen and oxygen atoms in total. The maximum absolute atomic E-state index is 10.6. The average Bonchev–Trinajstić information content (AvgIpc) is 3.01. The van der Waals surface area contributed by atoms with Gasteiger partial charge in [0, 0.05) is 25.7 Å². The standard InChI is InChI=1S/C11H22N2O2/c1-3-13(10-4-5-10)7-6-12-8-9(2)11(14)15/h9-10,12H,3-8H2,1-2H3,(H,14,15). The molecule has 0 radical (unpaired) electrons. The Kier molecular flexibility index (Phi) is 5.05. The highest BCUT2D eigenvalue weighted by atomic mass is 16.4. The summed E-state index contributed by atoms with van der Waals surface area (Å²) in [6.07, 6.45) is 2.67. The Hall–Kier alpha value is -0.610. The van der Waals surface area contributed by atoms with E-state index in [1.807, 2.05) is 0 Å². The molecule has 1 rings (SSSR count). The summed E-state index contributed by atoms with van der Waals surface area (Å²) < 4.78 is 0. The Morgan fingerprint density at radius 1 is 1.60 bits per heavy atom. The van der Waals surface area contributed by atoms with E-state index >= 15 is 0 Å². The highest BCUT2D eigenvalue weighted by Gasteiger charge is 2.27. The van der Waals surface area contributed by atoms with Gasteiger partial charge in [0.15, 0.2) is 0 Å². The van der Waals surface area contributed by atoms with Gasteiger partial charge in [0.05, 0.1) is 5.92 Å². The van der Waals surface area contributed by atoms with Crippen LogP contribution in [0.5, 0.6) is 0 Å². The van der Waals surface area contributed by atoms with Crippen LogP contribution in [0.25, 0.3) is 0 Å². The first-order valence-corrected chi connectivity index (χ1v) is 5.82. The third-order valence-electron chi connectivity index (χ3n) is 2.92. The minimum Gasteiger partial charge on any atom is -0.481 e. The lowest BCUT2D eigenvalue weighted by Crippen LogP contribution is -2.36. The van der Waals surface area contributed by atoms with E-state index in [2.05, 4.69) is 17.1 Å². The van der Waals surface area contributed by atoms with E-state index in [4.69, 9.17) is 5.11 Å². The molecule has 1 aliphatic carbocycles. The topological polar surface area (TPSA) is 52.6 Å². The summed E-state index contributed by atoms with van der Waals surface area (Å²) in [5.41, 5.74) is 0. The van der Waals surface area contributed by atoms with Gasteiger partial charge < -0.3 is 10.4 Å². The molecule has 2 N–H and O–H groups in total. The number of aliphatic carboxylic acids is 1. The largest absolute Gasteiger partial charge is 0.481 e. The van der Waals surface area contributed by atoms with Crippen molar-refractivity contribution in [3.8, 4) is 0 Å². The van der Waals surface area contributed by atoms with E-state index in [-0.39, 0.29) is 5.92 Å². The fourth-order valence-electron chi connectivity index (χ4n) is 1.67. The van der Waals surface area contributed by atoms with Crippen LogP contribution in [0, 0.1) is 5.92 Å². The summed E-state index contributed by atoms with van der Waals surface area (Å²) >= 11 is 0. The smallest absolute Gasteiger partial charge is 0.307 e. The summed E-state index contributed by atoms with van der Waals surface area (Å²) in [7, 11) is 0. The molecule has 0 aromatic carbocycles. The third-order valence-corrected chi connectivity index (χ3v) is 2.92. The number of nitrogens with zero attached hydrogens (tertiary/aromatic N) is 1. The molecule has 88 valence electrons. The minimum absolute atomic E-state index is 0.291. The number of carbonyl (C=O) groups is 1. The molecule has 4 heteroatoms. The van der Waals surface area contributed by atoms with Gasteiger partial charge in [-0.1, -0.05) is 13.8 Å². The highest BCUT2D eigenvalue weighted by Crippen LogP contribution is 2.25. The maximum atomic E-state index is 10.6. The number of rotatable bonds is 8. The molecule has 1 saturated carbocycles. The Morgan fingerprint density at radius 2 is 2.27 bits per heavy atom. The monoisotopic (exact) mass is 214 g/mol. The normalized spacial score (nSPS) is 18.1. The van der Waals surface area contributed by atoms with Crippen molar-refractivity contribution in [1.82, 2.24) is 10.2 Å². The van der Waals surface area contributed by atoms with E-state index in [0.717, 1.165) is 25.7 Å². The van der Waals surface area contributed by atoms with Crippen LogP contribution in [-0.4, -0.2) is 48.2 Å². The van der Waals surface area contributed by atoms with Crippen LogP contribution in [-0.2, 0) is 4.79 Å². The van der Waals surface area contributed by atoms with Gasteiger partial charge >= 0.3 is 5.97 Å². The molecule has 0 spiro atoms. The van der Waals surface area contributed by atoms with Crippen molar-refractivity contribution in [1.29, 1.82) is 0 Å². The van der Waals surface area contributed by atoms with Crippen LogP contribution in [0.3, 0.4) is 0 Å². The highest BCUT2D eigenvalue weighted by molar-refractivity contribution is 5.69. The quantitative estimate of drug-likeness (QED) is 0.586. The van der Waals surface area contributed by atoms with Crippen LogP contribution >= 0.6 is 0 Å². The van der Waals surface area contributed by atoms with E-state index in [1.54, 1.807) is 6.92 Å². The van der Waals surface area contributed by atoms with Crippen molar-refractivity contribution in [2.75, 3.05) is 26.2 Å². The first-order valence-electron chi connectivity index (χ1n) is 5.82. The average molecular weight is 214 g/mol. The van der Waals surface area contributed by atoms with Crippen molar-refractivity contribution < 1.29 is 9.90 Å². The zero-order chi connectivity index (χ0) is 11.3. The number of nitrogens with one attached hydrogen (secondary N) is 1. The summed E-state index contributed by atoms with van der Waals surface area (Å²) in [5.74, 6) is -1.02. The van der Waals surface area contributed by atoms with Crippen molar-refractivity contribution >= 4 is 5.97 Å². The second-order valence-corrected chi connectivity index (χ2v) is 4.30. The fourth-order valence-corrected chi connectivity index (χ4v) is 1.67. The third kappa shape index (κ3) is 4.62. The van der Waals surface area contributed by atoms with Crippen LogP contribution < -0.4 is 5.32 Å². The van der Waals surface area contributed by atoms with Gasteiger partial charge in [-0.15, -0.1) is 0 Å². The van der Waals surface area contributed by atoms with Gasteiger partial charge in [-0.05, 0) is 19.4 Å². The number of likely N-dealkylation sites (N-methyl/N-ethyl adjacent to an activating group) is 1. The van der Waals surface area contributed by atoms with E-state index < -0.39 is 5.97 Å². The molecule has 0 aromatic rings. The zero-order valence-corrected chi connectivity index (χ0v) is 9.70. The predicted molar refractivity (Wildman–Crippen MR) is 59.9 cm³/mol. The molecule has 0 heterocycles. The van der Waals surface area contributed by atoms with Gasteiger partial charge in [-0.2, -0.15) is 0 Å². The molecule has 0 aromatic heterocycles. The van der Waals surface area contributed by atoms with Crippen molar-refractivity contribution in [3.63, 3.8) is 0 Å². The molecule has 15 heavy (non-hydrogen) atoms. The molecule has 1 unspecified atom stereocenters. The lowest BCUT2D eigenvalue weighted by Gasteiger charge is -2.20. The molecule has 1 aliphatic rings. The van der Waals surface area contributed by atoms with Gasteiger partial charge in [0.25, 0.3) is 0 Å². The fraction of sp³-hybridized carbons (Fsp3) is 0.909. The maximum Gasteiger partial charge on any atom is 0.307 e. The summed E-state index contributed by atoms with van der Waals surface area (Å²) in [5, 5.41) is 11.9.